The van der Waals surface area contributed by atoms with Gasteiger partial charge in [0.1, 0.15) is 11.5 Å². The summed E-state index contributed by atoms with van der Waals surface area (Å²) in [5.41, 5.74) is 2.93. The second-order valence-electron chi connectivity index (χ2n) is 10.7. The van der Waals surface area contributed by atoms with E-state index in [1.165, 1.54) is 12.0 Å². The minimum absolute atomic E-state index is 0.196. The SMILES string of the molecule is CCCCC(=O)C1(C2(c3ccc(-c4ccc(OC)cc4)cc3)CCCCC2)CCC(C(=O)O)CC1. The maximum Gasteiger partial charge on any atom is 0.306 e. The van der Waals surface area contributed by atoms with Gasteiger partial charge in [-0.1, -0.05) is 69.0 Å². The molecule has 0 aromatic heterocycles. The monoisotopic (exact) mass is 476 g/mol. The Hall–Kier alpha value is -2.62. The van der Waals surface area contributed by atoms with E-state index in [1.54, 1.807) is 7.11 Å². The highest BCUT2D eigenvalue weighted by Gasteiger charge is 2.57. The smallest absolute Gasteiger partial charge is 0.306 e. The summed E-state index contributed by atoms with van der Waals surface area (Å²) in [6.45, 7) is 2.13. The highest BCUT2D eigenvalue weighted by molar-refractivity contribution is 5.87. The van der Waals surface area contributed by atoms with Crippen LogP contribution in [-0.4, -0.2) is 24.0 Å². The molecular formula is C31H40O4. The Bertz CT molecular complexity index is 991. The van der Waals surface area contributed by atoms with E-state index in [0.29, 0.717) is 37.9 Å². The van der Waals surface area contributed by atoms with Crippen LogP contribution in [0.2, 0.25) is 0 Å². The lowest BCUT2D eigenvalue weighted by Crippen LogP contribution is -2.54. The molecule has 0 unspecified atom stereocenters. The van der Waals surface area contributed by atoms with Crippen molar-refractivity contribution in [3.8, 4) is 16.9 Å². The van der Waals surface area contributed by atoms with Crippen molar-refractivity contribution >= 4 is 11.8 Å². The molecule has 4 rings (SSSR count). The third-order valence-electron chi connectivity index (χ3n) is 8.96. The number of ketones is 1. The highest BCUT2D eigenvalue weighted by atomic mass is 16.5. The lowest BCUT2D eigenvalue weighted by Gasteiger charge is -2.55. The van der Waals surface area contributed by atoms with E-state index >= 15 is 0 Å². The average molecular weight is 477 g/mol. The summed E-state index contributed by atoms with van der Waals surface area (Å²) in [6.07, 6.45) is 10.7. The number of carbonyl (C=O) groups is 2. The number of carbonyl (C=O) groups excluding carboxylic acids is 1. The van der Waals surface area contributed by atoms with Crippen molar-refractivity contribution < 1.29 is 19.4 Å². The van der Waals surface area contributed by atoms with Gasteiger partial charge in [0, 0.05) is 17.3 Å². The van der Waals surface area contributed by atoms with Crippen molar-refractivity contribution in [2.75, 3.05) is 7.11 Å². The van der Waals surface area contributed by atoms with Crippen LogP contribution in [0.15, 0.2) is 48.5 Å². The summed E-state index contributed by atoms with van der Waals surface area (Å²) in [6, 6.07) is 17.0. The first-order chi connectivity index (χ1) is 17.0. The molecule has 35 heavy (non-hydrogen) atoms. The summed E-state index contributed by atoms with van der Waals surface area (Å²) in [4.78, 5) is 25.8. The topological polar surface area (TPSA) is 63.6 Å². The molecule has 1 N–H and O–H groups in total. The number of rotatable bonds is 9. The van der Waals surface area contributed by atoms with Gasteiger partial charge in [0.2, 0.25) is 0 Å². The summed E-state index contributed by atoms with van der Waals surface area (Å²) in [7, 11) is 1.68. The summed E-state index contributed by atoms with van der Waals surface area (Å²) in [5, 5.41) is 9.66. The normalized spacial score (nSPS) is 24.0. The maximum absolute atomic E-state index is 14.0. The van der Waals surface area contributed by atoms with Gasteiger partial charge in [0.25, 0.3) is 0 Å². The second kappa shape index (κ2) is 11.0. The lowest BCUT2D eigenvalue weighted by atomic mass is 9.47. The van der Waals surface area contributed by atoms with Crippen LogP contribution in [0.25, 0.3) is 11.1 Å². The Morgan fingerprint density at radius 2 is 1.46 bits per heavy atom. The largest absolute Gasteiger partial charge is 0.497 e. The fourth-order valence-corrected chi connectivity index (χ4v) is 6.92. The molecule has 0 amide bonds. The first-order valence-electron chi connectivity index (χ1n) is 13.5. The Kier molecular flexibility index (Phi) is 7.98. The van der Waals surface area contributed by atoms with E-state index in [9.17, 15) is 14.7 Å². The zero-order valence-electron chi connectivity index (χ0n) is 21.4. The van der Waals surface area contributed by atoms with Crippen molar-refractivity contribution in [2.24, 2.45) is 11.3 Å². The van der Waals surface area contributed by atoms with Crippen LogP contribution in [0.3, 0.4) is 0 Å². The van der Waals surface area contributed by atoms with E-state index in [1.807, 2.05) is 12.1 Å². The van der Waals surface area contributed by atoms with Gasteiger partial charge in [0.15, 0.2) is 0 Å². The molecule has 188 valence electrons. The number of aliphatic carboxylic acids is 1. The molecule has 4 heteroatoms. The average Bonchev–Trinajstić information content (AvgIpc) is 2.92. The molecule has 2 aromatic rings. The number of carboxylic acid groups (broad SMARTS) is 1. The molecule has 4 nitrogen and oxygen atoms in total. The molecule has 0 bridgehead atoms. The van der Waals surface area contributed by atoms with Crippen molar-refractivity contribution in [1.82, 2.24) is 0 Å². The van der Waals surface area contributed by atoms with Gasteiger partial charge in [-0.05, 0) is 73.8 Å². The first-order valence-corrected chi connectivity index (χ1v) is 13.5. The standard InChI is InChI=1S/C31H40O4/c1-3-4-8-28(32)31(21-17-25(18-22-31)29(33)34)30(19-6-5-7-20-30)26-13-9-23(10-14-26)24-11-15-27(35-2)16-12-24/h9-16,25H,3-8,17-22H2,1-2H3,(H,33,34). The van der Waals surface area contributed by atoms with Gasteiger partial charge in [-0.25, -0.2) is 0 Å². The number of methoxy groups -OCH3 is 1. The van der Waals surface area contributed by atoms with Crippen LogP contribution >= 0.6 is 0 Å². The lowest BCUT2D eigenvalue weighted by molar-refractivity contribution is -0.149. The minimum Gasteiger partial charge on any atom is -0.497 e. The van der Waals surface area contributed by atoms with E-state index in [0.717, 1.165) is 55.4 Å². The molecule has 2 aliphatic rings. The summed E-state index contributed by atoms with van der Waals surface area (Å²) in [5.74, 6) is 0.196. The molecular weight excluding hydrogens is 436 g/mol. The molecule has 0 atom stereocenters. The summed E-state index contributed by atoms with van der Waals surface area (Å²) >= 11 is 0. The quantitative estimate of drug-likeness (QED) is 0.405. The molecule has 2 aliphatic carbocycles. The van der Waals surface area contributed by atoms with Gasteiger partial charge >= 0.3 is 5.97 Å². The third-order valence-corrected chi connectivity index (χ3v) is 8.96. The molecule has 0 spiro atoms. The number of hydrogen-bond acceptors (Lipinski definition) is 3. The van der Waals surface area contributed by atoms with E-state index in [-0.39, 0.29) is 11.3 Å². The van der Waals surface area contributed by atoms with Gasteiger partial charge in [0.05, 0.1) is 13.0 Å². The molecule has 0 heterocycles. The van der Waals surface area contributed by atoms with Gasteiger partial charge in [-0.3, -0.25) is 9.59 Å². The fraction of sp³-hybridized carbons (Fsp3) is 0.548. The van der Waals surface area contributed by atoms with Crippen molar-refractivity contribution in [3.63, 3.8) is 0 Å². The molecule has 2 fully saturated rings. The number of Topliss-reactive ketones (excluding diaryl/α,β-unsaturated/α-hetero) is 1. The molecule has 0 radical (unpaired) electrons. The van der Waals surface area contributed by atoms with Crippen molar-refractivity contribution in [2.45, 2.75) is 89.4 Å². The van der Waals surface area contributed by atoms with Crippen LogP contribution in [0.4, 0.5) is 0 Å². The fourth-order valence-electron chi connectivity index (χ4n) is 6.92. The van der Waals surface area contributed by atoms with Gasteiger partial charge in [-0.15, -0.1) is 0 Å². The first kappa shape index (κ1) is 25.5. The summed E-state index contributed by atoms with van der Waals surface area (Å²) < 4.78 is 5.30. The van der Waals surface area contributed by atoms with Gasteiger partial charge in [-0.2, -0.15) is 0 Å². The Balaban J connectivity index is 1.73. The Morgan fingerprint density at radius 1 is 0.886 bits per heavy atom. The predicted molar refractivity (Wildman–Crippen MR) is 140 cm³/mol. The number of ether oxygens (including phenoxy) is 1. The van der Waals surface area contributed by atoms with Crippen LogP contribution in [0.5, 0.6) is 5.75 Å². The van der Waals surface area contributed by atoms with E-state index < -0.39 is 11.4 Å². The number of carboxylic acids is 1. The maximum atomic E-state index is 14.0. The van der Waals surface area contributed by atoms with Gasteiger partial charge < -0.3 is 9.84 Å². The third kappa shape index (κ3) is 4.90. The predicted octanol–water partition coefficient (Wildman–Crippen LogP) is 7.58. The number of benzene rings is 2. The highest BCUT2D eigenvalue weighted by Crippen LogP contribution is 2.59. The van der Waals surface area contributed by atoms with Crippen LogP contribution in [0, 0.1) is 11.3 Å². The molecule has 0 saturated heterocycles. The zero-order valence-corrected chi connectivity index (χ0v) is 21.4. The molecule has 2 saturated carbocycles. The second-order valence-corrected chi connectivity index (χ2v) is 10.7. The number of unbranched alkanes of at least 4 members (excludes halogenated alkanes) is 1. The van der Waals surface area contributed by atoms with Crippen molar-refractivity contribution in [3.05, 3.63) is 54.1 Å². The molecule has 2 aromatic carbocycles. The van der Waals surface area contributed by atoms with Crippen LogP contribution in [0.1, 0.15) is 89.5 Å². The molecule has 0 aliphatic heterocycles. The van der Waals surface area contributed by atoms with E-state index in [4.69, 9.17) is 4.74 Å². The van der Waals surface area contributed by atoms with E-state index in [2.05, 4.69) is 43.3 Å². The minimum atomic E-state index is -0.707. The Labute approximate surface area is 210 Å². The van der Waals surface area contributed by atoms with Crippen molar-refractivity contribution in [1.29, 1.82) is 0 Å². The zero-order chi connectivity index (χ0) is 24.9. The number of hydrogen-bond donors (Lipinski definition) is 1. The van der Waals surface area contributed by atoms with Crippen LogP contribution < -0.4 is 4.74 Å². The van der Waals surface area contributed by atoms with Crippen LogP contribution in [-0.2, 0) is 15.0 Å². The Morgan fingerprint density at radius 3 is 1.97 bits per heavy atom.